The van der Waals surface area contributed by atoms with Crippen molar-refractivity contribution in [3.63, 3.8) is 0 Å². The number of nitrogens with zero attached hydrogens (tertiary/aromatic N) is 1. The van der Waals surface area contributed by atoms with Crippen LogP contribution in [0, 0.1) is 13.8 Å². The largest absolute Gasteiger partial charge is 0.496 e. The first-order valence-corrected chi connectivity index (χ1v) is 6.61. The summed E-state index contributed by atoms with van der Waals surface area (Å²) in [4.78, 5) is 13.4. The smallest absolute Gasteiger partial charge is 0.223 e. The van der Waals surface area contributed by atoms with Crippen LogP contribution in [0.25, 0.3) is 0 Å². The minimum absolute atomic E-state index is 0.121. The molecule has 0 N–H and O–H groups in total. The average Bonchev–Trinajstić information content (AvgIpc) is 2.28. The number of carbonyl (C=O) groups excluding carboxylic acids is 1. The molecule has 0 aliphatic rings. The van der Waals surface area contributed by atoms with E-state index in [2.05, 4.69) is 24.8 Å². The van der Waals surface area contributed by atoms with Gasteiger partial charge in [0.2, 0.25) is 5.91 Å². The molecule has 0 heterocycles. The molecule has 0 radical (unpaired) electrons. The number of aryl methyl sites for hydroxylation is 2. The van der Waals surface area contributed by atoms with Gasteiger partial charge in [0, 0.05) is 20.0 Å². The lowest BCUT2D eigenvalue weighted by atomic mass is 10.1. The summed E-state index contributed by atoms with van der Waals surface area (Å²) < 4.78 is 5.33. The molecule has 0 saturated carbocycles. The Kier molecular flexibility index (Phi) is 5.54. The molecule has 4 heteroatoms. The minimum atomic E-state index is 0.121. The van der Waals surface area contributed by atoms with Crippen LogP contribution in [0.15, 0.2) is 12.1 Å². The van der Waals surface area contributed by atoms with Crippen LogP contribution in [0.4, 0.5) is 0 Å². The Labute approximate surface area is 115 Å². The van der Waals surface area contributed by atoms with Crippen LogP contribution in [0.2, 0.25) is 0 Å². The van der Waals surface area contributed by atoms with Crippen molar-refractivity contribution in [1.82, 2.24) is 4.90 Å². The quantitative estimate of drug-likeness (QED) is 0.831. The van der Waals surface area contributed by atoms with Crippen molar-refractivity contribution in [2.24, 2.45) is 0 Å². The molecule has 0 spiro atoms. The zero-order valence-electron chi connectivity index (χ0n) is 11.5. The molecule has 0 fully saturated rings. The van der Waals surface area contributed by atoms with Crippen molar-refractivity contribution in [1.29, 1.82) is 0 Å². The van der Waals surface area contributed by atoms with Crippen molar-refractivity contribution in [2.75, 3.05) is 19.9 Å². The number of carbonyl (C=O) groups is 1. The Morgan fingerprint density at radius 1 is 1.33 bits per heavy atom. The predicted octanol–water partition coefficient (Wildman–Crippen LogP) is 2.59. The molecule has 0 aromatic heterocycles. The van der Waals surface area contributed by atoms with E-state index < -0.39 is 0 Å². The van der Waals surface area contributed by atoms with Crippen LogP contribution < -0.4 is 4.74 Å². The molecule has 3 nitrogen and oxygen atoms in total. The fraction of sp³-hybridized carbons (Fsp3) is 0.500. The van der Waals surface area contributed by atoms with Gasteiger partial charge in [0.05, 0.1) is 7.11 Å². The van der Waals surface area contributed by atoms with Gasteiger partial charge in [-0.15, -0.1) is 0 Å². The highest BCUT2D eigenvalue weighted by Crippen LogP contribution is 2.24. The van der Waals surface area contributed by atoms with E-state index in [1.807, 2.05) is 20.9 Å². The molecule has 0 saturated heterocycles. The third-order valence-corrected chi connectivity index (χ3v) is 3.12. The number of thiol groups is 1. The lowest BCUT2D eigenvalue weighted by Crippen LogP contribution is -2.26. The molecule has 0 bridgehead atoms. The Balaban J connectivity index is 2.83. The molecule has 1 amide bonds. The Bertz CT molecular complexity index is 409. The molecule has 1 rings (SSSR count). The predicted molar refractivity (Wildman–Crippen MR) is 77.4 cm³/mol. The second-order valence-electron chi connectivity index (χ2n) is 4.49. The van der Waals surface area contributed by atoms with Gasteiger partial charge in [-0.3, -0.25) is 4.79 Å². The van der Waals surface area contributed by atoms with Gasteiger partial charge >= 0.3 is 0 Å². The van der Waals surface area contributed by atoms with Gasteiger partial charge in [-0.05, 0) is 36.3 Å². The van der Waals surface area contributed by atoms with Crippen LogP contribution >= 0.6 is 12.6 Å². The fourth-order valence-electron chi connectivity index (χ4n) is 2.10. The highest BCUT2D eigenvalue weighted by molar-refractivity contribution is 7.80. The Hall–Kier alpha value is -1.16. The fourth-order valence-corrected chi connectivity index (χ4v) is 2.29. The highest BCUT2D eigenvalue weighted by atomic mass is 32.1. The van der Waals surface area contributed by atoms with E-state index in [4.69, 9.17) is 4.74 Å². The summed E-state index contributed by atoms with van der Waals surface area (Å²) in [6, 6.07) is 4.13. The molecule has 18 heavy (non-hydrogen) atoms. The van der Waals surface area contributed by atoms with Gasteiger partial charge in [-0.2, -0.15) is 12.6 Å². The summed E-state index contributed by atoms with van der Waals surface area (Å²) in [5.41, 5.74) is 3.32. The van der Waals surface area contributed by atoms with Crippen molar-refractivity contribution < 1.29 is 9.53 Å². The summed E-state index contributed by atoms with van der Waals surface area (Å²) in [6.07, 6.45) is 0.480. The summed E-state index contributed by atoms with van der Waals surface area (Å²) in [5, 5.41) is 0. The lowest BCUT2D eigenvalue weighted by molar-refractivity contribution is -0.129. The maximum Gasteiger partial charge on any atom is 0.223 e. The SMILES string of the molecule is COc1c(C)cc(CN(C)C(=O)CCS)cc1C. The first-order chi connectivity index (χ1) is 8.49. The number of amides is 1. The van der Waals surface area contributed by atoms with Crippen molar-refractivity contribution in [3.8, 4) is 5.75 Å². The molecule has 0 aliphatic heterocycles. The zero-order valence-corrected chi connectivity index (χ0v) is 12.4. The van der Waals surface area contributed by atoms with Gasteiger partial charge in [-0.1, -0.05) is 12.1 Å². The van der Waals surface area contributed by atoms with E-state index in [-0.39, 0.29) is 5.91 Å². The Morgan fingerprint density at radius 3 is 2.33 bits per heavy atom. The number of hydrogen-bond donors (Lipinski definition) is 1. The van der Waals surface area contributed by atoms with Crippen LogP contribution in [0.5, 0.6) is 5.75 Å². The molecule has 0 aliphatic carbocycles. The number of methoxy groups -OCH3 is 1. The van der Waals surface area contributed by atoms with E-state index in [9.17, 15) is 4.79 Å². The van der Waals surface area contributed by atoms with E-state index in [0.29, 0.717) is 18.7 Å². The topological polar surface area (TPSA) is 29.5 Å². The first kappa shape index (κ1) is 14.9. The first-order valence-electron chi connectivity index (χ1n) is 5.98. The van der Waals surface area contributed by atoms with Crippen LogP contribution in [0.1, 0.15) is 23.1 Å². The van der Waals surface area contributed by atoms with E-state index in [0.717, 1.165) is 22.4 Å². The summed E-state index contributed by atoms with van der Waals surface area (Å²) in [6.45, 7) is 4.66. The molecule has 1 aromatic carbocycles. The summed E-state index contributed by atoms with van der Waals surface area (Å²) >= 11 is 4.08. The third-order valence-electron chi connectivity index (χ3n) is 2.90. The van der Waals surface area contributed by atoms with Gasteiger partial charge < -0.3 is 9.64 Å². The van der Waals surface area contributed by atoms with Gasteiger partial charge in [-0.25, -0.2) is 0 Å². The summed E-state index contributed by atoms with van der Waals surface area (Å²) in [5.74, 6) is 1.63. The van der Waals surface area contributed by atoms with Gasteiger partial charge in [0.25, 0.3) is 0 Å². The number of rotatable bonds is 5. The van der Waals surface area contributed by atoms with Crippen molar-refractivity contribution >= 4 is 18.5 Å². The molecular formula is C14H21NO2S. The monoisotopic (exact) mass is 267 g/mol. The molecule has 100 valence electrons. The maximum atomic E-state index is 11.7. The minimum Gasteiger partial charge on any atom is -0.496 e. The Morgan fingerprint density at radius 2 is 1.89 bits per heavy atom. The van der Waals surface area contributed by atoms with Gasteiger partial charge in [0.1, 0.15) is 5.75 Å². The standard InChI is InChI=1S/C14H21NO2S/c1-10-7-12(8-11(2)14(10)17-4)9-15(3)13(16)5-6-18/h7-8,18H,5-6,9H2,1-4H3. The van der Waals surface area contributed by atoms with Crippen LogP contribution in [0.3, 0.4) is 0 Å². The van der Waals surface area contributed by atoms with E-state index >= 15 is 0 Å². The van der Waals surface area contributed by atoms with Crippen molar-refractivity contribution in [3.05, 3.63) is 28.8 Å². The van der Waals surface area contributed by atoms with Crippen LogP contribution in [-0.4, -0.2) is 30.7 Å². The lowest BCUT2D eigenvalue weighted by Gasteiger charge is -2.18. The molecular weight excluding hydrogens is 246 g/mol. The van der Waals surface area contributed by atoms with E-state index in [1.165, 1.54) is 0 Å². The normalized spacial score (nSPS) is 10.3. The highest BCUT2D eigenvalue weighted by Gasteiger charge is 2.10. The van der Waals surface area contributed by atoms with Crippen LogP contribution in [-0.2, 0) is 11.3 Å². The maximum absolute atomic E-state index is 11.7. The molecule has 0 atom stereocenters. The number of hydrogen-bond acceptors (Lipinski definition) is 3. The second-order valence-corrected chi connectivity index (χ2v) is 4.93. The van der Waals surface area contributed by atoms with Gasteiger partial charge in [0.15, 0.2) is 0 Å². The number of ether oxygens (including phenoxy) is 1. The van der Waals surface area contributed by atoms with Crippen molar-refractivity contribution in [2.45, 2.75) is 26.8 Å². The molecule has 0 unspecified atom stereocenters. The molecule has 1 aromatic rings. The zero-order chi connectivity index (χ0) is 13.7. The number of benzene rings is 1. The average molecular weight is 267 g/mol. The summed E-state index contributed by atoms with van der Waals surface area (Å²) in [7, 11) is 3.50. The second kappa shape index (κ2) is 6.69. The third kappa shape index (κ3) is 3.67. The van der Waals surface area contributed by atoms with E-state index in [1.54, 1.807) is 12.0 Å².